The van der Waals surface area contributed by atoms with Crippen LogP contribution >= 0.6 is 11.6 Å². The molecule has 0 aromatic heterocycles. The monoisotopic (exact) mass is 412 g/mol. The van der Waals surface area contributed by atoms with Gasteiger partial charge in [-0.25, -0.2) is 0 Å². The van der Waals surface area contributed by atoms with E-state index < -0.39 is 0 Å². The Kier molecular flexibility index (Phi) is 5.84. The van der Waals surface area contributed by atoms with Crippen LogP contribution in [0.25, 0.3) is 0 Å². The van der Waals surface area contributed by atoms with Gasteiger partial charge in [-0.15, -0.1) is 0 Å². The molecule has 2 bridgehead atoms. The summed E-state index contributed by atoms with van der Waals surface area (Å²) in [5, 5.41) is 3.84. The van der Waals surface area contributed by atoms with E-state index in [0.29, 0.717) is 22.7 Å². The molecule has 4 rings (SSSR count). The highest BCUT2D eigenvalue weighted by molar-refractivity contribution is 6.30. The van der Waals surface area contributed by atoms with E-state index in [-0.39, 0.29) is 11.9 Å². The third-order valence-corrected chi connectivity index (χ3v) is 6.96. The predicted molar refractivity (Wildman–Crippen MR) is 117 cm³/mol. The maximum Gasteiger partial charge on any atom is 0.251 e. The zero-order valence-electron chi connectivity index (χ0n) is 17.4. The summed E-state index contributed by atoms with van der Waals surface area (Å²) < 4.78 is 5.46. The van der Waals surface area contributed by atoms with Crippen molar-refractivity contribution >= 4 is 17.5 Å². The lowest BCUT2D eigenvalue weighted by molar-refractivity contribution is 0.0827. The van der Waals surface area contributed by atoms with Crippen LogP contribution in [0.5, 0.6) is 5.75 Å². The molecule has 2 unspecified atom stereocenters. The fourth-order valence-electron chi connectivity index (χ4n) is 4.99. The van der Waals surface area contributed by atoms with Gasteiger partial charge in [0, 0.05) is 35.3 Å². The van der Waals surface area contributed by atoms with E-state index in [4.69, 9.17) is 16.3 Å². The minimum Gasteiger partial charge on any atom is -0.496 e. The van der Waals surface area contributed by atoms with E-state index >= 15 is 0 Å². The smallest absolute Gasteiger partial charge is 0.251 e. The van der Waals surface area contributed by atoms with Gasteiger partial charge in [0.2, 0.25) is 0 Å². The Labute approximate surface area is 178 Å². The molecule has 154 valence electrons. The molecule has 29 heavy (non-hydrogen) atoms. The lowest BCUT2D eigenvalue weighted by Gasteiger charge is -2.39. The molecule has 5 heteroatoms. The molecule has 1 N–H and O–H groups in total. The zero-order chi connectivity index (χ0) is 20.5. The van der Waals surface area contributed by atoms with Gasteiger partial charge in [-0.05, 0) is 80.5 Å². The third kappa shape index (κ3) is 4.15. The van der Waals surface area contributed by atoms with Crippen molar-refractivity contribution in [2.75, 3.05) is 7.11 Å². The molecule has 2 fully saturated rings. The van der Waals surface area contributed by atoms with Gasteiger partial charge in [0.25, 0.3) is 5.91 Å². The van der Waals surface area contributed by atoms with Gasteiger partial charge < -0.3 is 10.1 Å². The average molecular weight is 413 g/mol. The van der Waals surface area contributed by atoms with Crippen molar-refractivity contribution in [2.24, 2.45) is 0 Å². The Morgan fingerprint density at radius 3 is 2.52 bits per heavy atom. The van der Waals surface area contributed by atoms with Crippen LogP contribution in [0.15, 0.2) is 36.4 Å². The Morgan fingerprint density at radius 1 is 1.14 bits per heavy atom. The van der Waals surface area contributed by atoms with Crippen LogP contribution in [0.4, 0.5) is 0 Å². The van der Waals surface area contributed by atoms with Gasteiger partial charge in [0.05, 0.1) is 7.11 Å². The van der Waals surface area contributed by atoms with Crippen molar-refractivity contribution in [2.45, 2.75) is 64.2 Å². The Morgan fingerprint density at radius 2 is 1.86 bits per heavy atom. The topological polar surface area (TPSA) is 41.6 Å². The van der Waals surface area contributed by atoms with Crippen LogP contribution in [-0.4, -0.2) is 36.0 Å². The number of rotatable bonds is 5. The molecular formula is C24H29ClN2O2. The van der Waals surface area contributed by atoms with E-state index in [0.717, 1.165) is 25.1 Å². The normalized spacial score (nSPS) is 23.8. The second-order valence-corrected chi connectivity index (χ2v) is 8.82. The highest BCUT2D eigenvalue weighted by Gasteiger charge is 2.41. The summed E-state index contributed by atoms with van der Waals surface area (Å²) in [4.78, 5) is 15.3. The van der Waals surface area contributed by atoms with Gasteiger partial charge in [-0.2, -0.15) is 0 Å². The summed E-state index contributed by atoms with van der Waals surface area (Å²) >= 11 is 6.03. The van der Waals surface area contributed by atoms with Crippen molar-refractivity contribution in [1.82, 2.24) is 10.2 Å². The number of carbonyl (C=O) groups is 1. The third-order valence-electron chi connectivity index (χ3n) is 6.73. The highest BCUT2D eigenvalue weighted by Crippen LogP contribution is 2.38. The molecule has 2 heterocycles. The van der Waals surface area contributed by atoms with Crippen LogP contribution in [0.3, 0.4) is 0 Å². The summed E-state index contributed by atoms with van der Waals surface area (Å²) in [5.41, 5.74) is 4.55. The molecule has 0 saturated carbocycles. The highest BCUT2D eigenvalue weighted by atomic mass is 35.5. The number of nitrogens with one attached hydrogen (secondary N) is 1. The molecule has 1 amide bonds. The van der Waals surface area contributed by atoms with E-state index in [1.54, 1.807) is 19.2 Å². The average Bonchev–Trinajstić information content (AvgIpc) is 2.93. The number of piperidine rings is 1. The number of fused-ring (bicyclic) bond motifs is 2. The molecule has 2 saturated heterocycles. The lowest BCUT2D eigenvalue weighted by Crippen LogP contribution is -2.50. The summed E-state index contributed by atoms with van der Waals surface area (Å²) in [6, 6.07) is 12.7. The molecule has 2 aliphatic rings. The number of ether oxygens (including phenoxy) is 1. The SMILES string of the molecule is COc1ccc(CN2C3CC[C@H]2CC(NC(=O)c2cccc(Cl)c2)C3)c(C)c1C. The molecule has 4 nitrogen and oxygen atoms in total. The quantitative estimate of drug-likeness (QED) is 0.760. The fourth-order valence-corrected chi connectivity index (χ4v) is 5.18. The van der Waals surface area contributed by atoms with Gasteiger partial charge >= 0.3 is 0 Å². The number of methoxy groups -OCH3 is 1. The summed E-state index contributed by atoms with van der Waals surface area (Å²) in [7, 11) is 1.73. The van der Waals surface area contributed by atoms with Crippen LogP contribution in [-0.2, 0) is 6.54 Å². The number of benzene rings is 2. The molecule has 0 radical (unpaired) electrons. The standard InChI is InChI=1S/C24H29ClN2O2/c1-15-16(2)23(29-3)10-7-18(15)14-27-21-8-9-22(27)13-20(12-21)26-24(28)17-5-4-6-19(25)11-17/h4-7,10-11,20-22H,8-9,12-14H2,1-3H3,(H,26,28)/t20?,21-,22?/m0/s1. The van der Waals surface area contributed by atoms with Crippen molar-refractivity contribution in [3.05, 3.63) is 63.7 Å². The molecule has 3 atom stereocenters. The zero-order valence-corrected chi connectivity index (χ0v) is 18.1. The van der Waals surface area contributed by atoms with Crippen LogP contribution in [0.2, 0.25) is 5.02 Å². The molecule has 0 spiro atoms. The van der Waals surface area contributed by atoms with Crippen molar-refractivity contribution in [1.29, 1.82) is 0 Å². The Hall–Kier alpha value is -2.04. The largest absolute Gasteiger partial charge is 0.496 e. The second-order valence-electron chi connectivity index (χ2n) is 8.39. The second kappa shape index (κ2) is 8.37. The number of halogens is 1. The molecule has 2 aromatic rings. The molecule has 2 aromatic carbocycles. The van der Waals surface area contributed by atoms with E-state index in [2.05, 4.69) is 36.2 Å². The van der Waals surface area contributed by atoms with Gasteiger partial charge in [-0.1, -0.05) is 23.7 Å². The maximum absolute atomic E-state index is 12.6. The summed E-state index contributed by atoms with van der Waals surface area (Å²) in [6.07, 6.45) is 4.44. The van der Waals surface area contributed by atoms with Crippen LogP contribution in [0.1, 0.15) is 52.7 Å². The number of hydrogen-bond acceptors (Lipinski definition) is 3. The van der Waals surface area contributed by atoms with E-state index in [1.165, 1.54) is 29.5 Å². The number of hydrogen-bond donors (Lipinski definition) is 1. The lowest BCUT2D eigenvalue weighted by atomic mass is 9.95. The molecule has 2 aliphatic heterocycles. The minimum absolute atomic E-state index is 0.0213. The van der Waals surface area contributed by atoms with Gasteiger partial charge in [0.1, 0.15) is 5.75 Å². The summed E-state index contributed by atoms with van der Waals surface area (Å²) in [5.74, 6) is 0.934. The predicted octanol–water partition coefficient (Wildman–Crippen LogP) is 4.89. The fraction of sp³-hybridized carbons (Fsp3) is 0.458. The first-order chi connectivity index (χ1) is 14.0. The van der Waals surface area contributed by atoms with Crippen molar-refractivity contribution < 1.29 is 9.53 Å². The first-order valence-electron chi connectivity index (χ1n) is 10.4. The van der Waals surface area contributed by atoms with E-state index in [9.17, 15) is 4.79 Å². The first-order valence-corrected chi connectivity index (χ1v) is 10.8. The number of carbonyl (C=O) groups excluding carboxylic acids is 1. The maximum atomic E-state index is 12.6. The Bertz CT molecular complexity index is 900. The number of amides is 1. The van der Waals surface area contributed by atoms with Gasteiger partial charge in [0.15, 0.2) is 0 Å². The summed E-state index contributed by atoms with van der Waals surface area (Å²) in [6.45, 7) is 5.29. The molecule has 0 aliphatic carbocycles. The number of nitrogens with zero attached hydrogens (tertiary/aromatic N) is 1. The van der Waals surface area contributed by atoms with E-state index in [1.807, 2.05) is 12.1 Å². The van der Waals surface area contributed by atoms with Crippen molar-refractivity contribution in [3.63, 3.8) is 0 Å². The van der Waals surface area contributed by atoms with Gasteiger partial charge in [-0.3, -0.25) is 9.69 Å². The van der Waals surface area contributed by atoms with Crippen LogP contribution in [0, 0.1) is 13.8 Å². The minimum atomic E-state index is -0.0213. The first kappa shape index (κ1) is 20.2. The van der Waals surface area contributed by atoms with Crippen LogP contribution < -0.4 is 10.1 Å². The Balaban J connectivity index is 1.42. The van der Waals surface area contributed by atoms with Crippen molar-refractivity contribution in [3.8, 4) is 5.75 Å². The molecular weight excluding hydrogens is 384 g/mol.